The minimum Gasteiger partial charge on any atom is -0.469 e. The highest BCUT2D eigenvalue weighted by Crippen LogP contribution is 2.11. The number of amides is 1. The largest absolute Gasteiger partial charge is 0.469 e. The predicted octanol–water partition coefficient (Wildman–Crippen LogP) is 2.28. The number of benzene rings is 1. The molecule has 1 rings (SSSR count). The molecule has 1 amide bonds. The average Bonchev–Trinajstić information content (AvgIpc) is 2.53. The third-order valence-corrected chi connectivity index (χ3v) is 3.46. The number of methoxy groups -OCH3 is 2. The molecule has 1 aromatic carbocycles. The van der Waals surface area contributed by atoms with Gasteiger partial charge in [-0.15, -0.1) is 0 Å². The molecule has 0 fully saturated rings. The van der Waals surface area contributed by atoms with Crippen molar-refractivity contribution < 1.29 is 19.1 Å². The summed E-state index contributed by atoms with van der Waals surface area (Å²) in [5.41, 5.74) is 1.73. The number of hydrogen-bond donors (Lipinski definition) is 0. The molecule has 0 radical (unpaired) electrons. The van der Waals surface area contributed by atoms with E-state index >= 15 is 0 Å². The standard InChI is InChI=1S/C17H25NO4/c1-13-6-8-15(9-7-13)16(19)18(10-5-11-21-3)12-14(2)17(20)22-4/h6-9,14H,5,10-12H2,1-4H3. The molecule has 5 nitrogen and oxygen atoms in total. The molecule has 5 heteroatoms. The van der Waals surface area contributed by atoms with Gasteiger partial charge < -0.3 is 14.4 Å². The van der Waals surface area contributed by atoms with Crippen LogP contribution in [0.5, 0.6) is 0 Å². The van der Waals surface area contributed by atoms with Crippen molar-refractivity contribution in [2.75, 3.05) is 33.9 Å². The topological polar surface area (TPSA) is 55.8 Å². The summed E-state index contributed by atoms with van der Waals surface area (Å²) in [5.74, 6) is -0.748. The second kappa shape index (κ2) is 9.20. The molecule has 122 valence electrons. The van der Waals surface area contributed by atoms with E-state index in [9.17, 15) is 9.59 Å². The second-order valence-corrected chi connectivity index (χ2v) is 5.39. The van der Waals surface area contributed by atoms with Gasteiger partial charge >= 0.3 is 5.97 Å². The molecule has 0 N–H and O–H groups in total. The number of carbonyl (C=O) groups excluding carboxylic acids is 2. The maximum absolute atomic E-state index is 12.6. The van der Waals surface area contributed by atoms with Crippen LogP contribution >= 0.6 is 0 Å². The lowest BCUT2D eigenvalue weighted by Gasteiger charge is -2.25. The Bertz CT molecular complexity index is 484. The van der Waals surface area contributed by atoms with E-state index in [0.29, 0.717) is 25.3 Å². The molecule has 0 aliphatic rings. The van der Waals surface area contributed by atoms with Crippen molar-refractivity contribution in [2.24, 2.45) is 5.92 Å². The summed E-state index contributed by atoms with van der Waals surface area (Å²) in [5, 5.41) is 0. The number of carbonyl (C=O) groups is 2. The molecular weight excluding hydrogens is 282 g/mol. The van der Waals surface area contributed by atoms with Crippen molar-refractivity contribution >= 4 is 11.9 Å². The fourth-order valence-electron chi connectivity index (χ4n) is 2.16. The lowest BCUT2D eigenvalue weighted by Crippen LogP contribution is -2.38. The molecule has 0 aliphatic carbocycles. The fourth-order valence-corrected chi connectivity index (χ4v) is 2.16. The molecule has 0 aliphatic heterocycles. The van der Waals surface area contributed by atoms with Crippen molar-refractivity contribution in [1.82, 2.24) is 4.90 Å². The molecule has 0 heterocycles. The zero-order chi connectivity index (χ0) is 16.5. The van der Waals surface area contributed by atoms with E-state index in [2.05, 4.69) is 0 Å². The Balaban J connectivity index is 2.81. The molecular formula is C17H25NO4. The molecule has 1 atom stereocenters. The van der Waals surface area contributed by atoms with Crippen LogP contribution in [0.3, 0.4) is 0 Å². The van der Waals surface area contributed by atoms with Crippen LogP contribution in [0.1, 0.15) is 29.3 Å². The van der Waals surface area contributed by atoms with Gasteiger partial charge in [0.15, 0.2) is 0 Å². The number of nitrogens with zero attached hydrogens (tertiary/aromatic N) is 1. The number of rotatable bonds is 8. The highest BCUT2D eigenvalue weighted by Gasteiger charge is 2.22. The van der Waals surface area contributed by atoms with Crippen molar-refractivity contribution in [1.29, 1.82) is 0 Å². The van der Waals surface area contributed by atoms with Gasteiger partial charge in [-0.05, 0) is 25.5 Å². The maximum atomic E-state index is 12.6. The number of aryl methyl sites for hydroxylation is 1. The zero-order valence-electron chi connectivity index (χ0n) is 13.8. The minimum absolute atomic E-state index is 0.0770. The summed E-state index contributed by atoms with van der Waals surface area (Å²) in [6, 6.07) is 7.43. The number of ether oxygens (including phenoxy) is 2. The first-order chi connectivity index (χ1) is 10.5. The van der Waals surface area contributed by atoms with Crippen molar-refractivity contribution in [2.45, 2.75) is 20.3 Å². The van der Waals surface area contributed by atoms with Gasteiger partial charge in [-0.25, -0.2) is 0 Å². The van der Waals surface area contributed by atoms with Gasteiger partial charge in [0, 0.05) is 32.4 Å². The molecule has 0 saturated carbocycles. The molecule has 0 spiro atoms. The Morgan fingerprint density at radius 3 is 2.36 bits per heavy atom. The van der Waals surface area contributed by atoms with Gasteiger partial charge in [-0.1, -0.05) is 24.6 Å². The van der Waals surface area contributed by atoms with Gasteiger partial charge in [0.05, 0.1) is 13.0 Å². The van der Waals surface area contributed by atoms with Crippen LogP contribution < -0.4 is 0 Å². The van der Waals surface area contributed by atoms with E-state index in [1.807, 2.05) is 31.2 Å². The van der Waals surface area contributed by atoms with Crippen LogP contribution in [0, 0.1) is 12.8 Å². The third-order valence-electron chi connectivity index (χ3n) is 3.46. The second-order valence-electron chi connectivity index (χ2n) is 5.39. The van der Waals surface area contributed by atoms with E-state index in [0.717, 1.165) is 12.0 Å². The molecule has 1 aromatic rings. The number of hydrogen-bond acceptors (Lipinski definition) is 4. The Labute approximate surface area is 132 Å². The van der Waals surface area contributed by atoms with Crippen LogP contribution in [0.25, 0.3) is 0 Å². The highest BCUT2D eigenvalue weighted by molar-refractivity contribution is 5.94. The van der Waals surface area contributed by atoms with Gasteiger partial charge in [0.25, 0.3) is 5.91 Å². The van der Waals surface area contributed by atoms with Crippen LogP contribution in [-0.4, -0.2) is 50.7 Å². The van der Waals surface area contributed by atoms with Crippen LogP contribution in [0.4, 0.5) is 0 Å². The summed E-state index contributed by atoms with van der Waals surface area (Å²) in [6.45, 7) is 5.19. The molecule has 1 unspecified atom stereocenters. The Morgan fingerprint density at radius 2 is 1.82 bits per heavy atom. The minimum atomic E-state index is -0.359. The van der Waals surface area contributed by atoms with E-state index in [-0.39, 0.29) is 17.8 Å². The van der Waals surface area contributed by atoms with E-state index in [1.54, 1.807) is 18.9 Å². The van der Waals surface area contributed by atoms with Gasteiger partial charge in [-0.3, -0.25) is 9.59 Å². The van der Waals surface area contributed by atoms with Gasteiger partial charge in [0.1, 0.15) is 0 Å². The van der Waals surface area contributed by atoms with Gasteiger partial charge in [0.2, 0.25) is 0 Å². The first-order valence-corrected chi connectivity index (χ1v) is 7.42. The summed E-state index contributed by atoms with van der Waals surface area (Å²) in [6.07, 6.45) is 0.724. The molecule has 0 aromatic heterocycles. The van der Waals surface area contributed by atoms with Crippen LogP contribution in [-0.2, 0) is 14.3 Å². The van der Waals surface area contributed by atoms with Crippen LogP contribution in [0.2, 0.25) is 0 Å². The summed E-state index contributed by atoms with van der Waals surface area (Å²) in [4.78, 5) is 25.9. The Kier molecular flexibility index (Phi) is 7.60. The summed E-state index contributed by atoms with van der Waals surface area (Å²) in [7, 11) is 2.99. The Hall–Kier alpha value is -1.88. The van der Waals surface area contributed by atoms with Crippen molar-refractivity contribution in [3.05, 3.63) is 35.4 Å². The van der Waals surface area contributed by atoms with Crippen molar-refractivity contribution in [3.8, 4) is 0 Å². The van der Waals surface area contributed by atoms with Gasteiger partial charge in [-0.2, -0.15) is 0 Å². The quantitative estimate of drug-likeness (QED) is 0.546. The lowest BCUT2D eigenvalue weighted by atomic mass is 10.1. The monoisotopic (exact) mass is 307 g/mol. The normalized spacial score (nSPS) is 11.8. The third kappa shape index (κ3) is 5.48. The lowest BCUT2D eigenvalue weighted by molar-refractivity contribution is -0.145. The van der Waals surface area contributed by atoms with E-state index < -0.39 is 0 Å². The zero-order valence-corrected chi connectivity index (χ0v) is 13.8. The fraction of sp³-hybridized carbons (Fsp3) is 0.529. The molecule has 22 heavy (non-hydrogen) atoms. The Morgan fingerprint density at radius 1 is 1.18 bits per heavy atom. The SMILES string of the molecule is COCCCN(CC(C)C(=O)OC)C(=O)c1ccc(C)cc1. The maximum Gasteiger partial charge on any atom is 0.310 e. The smallest absolute Gasteiger partial charge is 0.310 e. The first kappa shape index (κ1) is 18.2. The molecule has 0 bridgehead atoms. The average molecular weight is 307 g/mol. The summed E-state index contributed by atoms with van der Waals surface area (Å²) < 4.78 is 9.78. The van der Waals surface area contributed by atoms with E-state index in [4.69, 9.17) is 9.47 Å². The van der Waals surface area contributed by atoms with E-state index in [1.165, 1.54) is 7.11 Å². The number of esters is 1. The van der Waals surface area contributed by atoms with Crippen molar-refractivity contribution in [3.63, 3.8) is 0 Å². The van der Waals surface area contributed by atoms with Crippen LogP contribution in [0.15, 0.2) is 24.3 Å². The summed E-state index contributed by atoms with van der Waals surface area (Å²) >= 11 is 0. The molecule has 0 saturated heterocycles. The highest BCUT2D eigenvalue weighted by atomic mass is 16.5. The predicted molar refractivity (Wildman–Crippen MR) is 84.8 cm³/mol. The first-order valence-electron chi connectivity index (χ1n) is 7.42.